The van der Waals surface area contributed by atoms with E-state index < -0.39 is 5.82 Å². The number of carbonyl (C=O) groups excluding carboxylic acids is 1. The van der Waals surface area contributed by atoms with Gasteiger partial charge in [-0.3, -0.25) is 4.79 Å². The molecule has 2 aromatic carbocycles. The van der Waals surface area contributed by atoms with Gasteiger partial charge in [0.1, 0.15) is 5.82 Å². The van der Waals surface area contributed by atoms with E-state index in [2.05, 4.69) is 5.32 Å². The zero-order valence-corrected chi connectivity index (χ0v) is 16.1. The van der Waals surface area contributed by atoms with E-state index in [1.165, 1.54) is 12.1 Å². The van der Waals surface area contributed by atoms with Crippen molar-refractivity contribution in [3.8, 4) is 11.5 Å². The smallest absolute Gasteiger partial charge is 0.225 e. The highest BCUT2D eigenvalue weighted by Gasteiger charge is 2.16. The van der Waals surface area contributed by atoms with Gasteiger partial charge in [0.25, 0.3) is 0 Å². The molecule has 0 saturated heterocycles. The van der Waals surface area contributed by atoms with Gasteiger partial charge < -0.3 is 14.8 Å². The molecule has 0 fully saturated rings. The highest BCUT2D eigenvalue weighted by atomic mass is 35.5. The molecule has 0 bridgehead atoms. The first-order chi connectivity index (χ1) is 12.3. The minimum atomic E-state index is -0.489. The number of carbonyl (C=O) groups is 1. The molecule has 0 radical (unpaired) electrons. The third-order valence-corrected chi connectivity index (χ3v) is 4.18. The van der Waals surface area contributed by atoms with Crippen LogP contribution in [0.1, 0.15) is 37.9 Å². The van der Waals surface area contributed by atoms with Gasteiger partial charge in [0.2, 0.25) is 5.91 Å². The summed E-state index contributed by atoms with van der Waals surface area (Å²) in [6.45, 7) is 5.71. The first kappa shape index (κ1) is 20.0. The fourth-order valence-corrected chi connectivity index (χ4v) is 2.77. The standard InChI is InChI=1S/C20H23ClFNO3/c1-12(2)26-18-9-8-14(10-19(18)25-4)13(3)23-20(24)11-15-16(21)6-5-7-17(15)22/h5-10,12-13H,11H2,1-4H3,(H,23,24). The van der Waals surface area contributed by atoms with Gasteiger partial charge in [0.15, 0.2) is 11.5 Å². The fraction of sp³-hybridized carbons (Fsp3) is 0.350. The number of hydrogen-bond acceptors (Lipinski definition) is 3. The molecule has 2 aromatic rings. The van der Waals surface area contributed by atoms with Gasteiger partial charge in [-0.25, -0.2) is 4.39 Å². The lowest BCUT2D eigenvalue weighted by Crippen LogP contribution is -2.28. The van der Waals surface area contributed by atoms with Crippen molar-refractivity contribution in [2.24, 2.45) is 0 Å². The molecule has 2 rings (SSSR count). The average Bonchev–Trinajstić information content (AvgIpc) is 2.58. The number of halogens is 2. The van der Waals surface area contributed by atoms with Gasteiger partial charge in [0, 0.05) is 10.6 Å². The van der Waals surface area contributed by atoms with Crippen molar-refractivity contribution in [1.82, 2.24) is 5.32 Å². The zero-order valence-electron chi connectivity index (χ0n) is 15.3. The topological polar surface area (TPSA) is 47.6 Å². The molecule has 1 N–H and O–H groups in total. The van der Waals surface area contributed by atoms with Gasteiger partial charge >= 0.3 is 0 Å². The maximum Gasteiger partial charge on any atom is 0.225 e. The van der Waals surface area contributed by atoms with Crippen LogP contribution in [0.25, 0.3) is 0 Å². The number of amides is 1. The summed E-state index contributed by atoms with van der Waals surface area (Å²) in [5.41, 5.74) is 1.04. The van der Waals surface area contributed by atoms with Crippen LogP contribution in [0.4, 0.5) is 4.39 Å². The molecular weight excluding hydrogens is 357 g/mol. The molecule has 1 atom stereocenters. The van der Waals surface area contributed by atoms with Crippen molar-refractivity contribution in [3.05, 3.63) is 58.4 Å². The van der Waals surface area contributed by atoms with Gasteiger partial charge in [-0.05, 0) is 50.6 Å². The van der Waals surface area contributed by atoms with E-state index in [4.69, 9.17) is 21.1 Å². The van der Waals surface area contributed by atoms with Crippen LogP contribution >= 0.6 is 11.6 Å². The molecule has 26 heavy (non-hydrogen) atoms. The second kappa shape index (κ2) is 8.90. The normalized spacial score (nSPS) is 12.0. The Bertz CT molecular complexity index is 759. The molecule has 0 aliphatic rings. The van der Waals surface area contributed by atoms with Gasteiger partial charge in [0.05, 0.1) is 25.7 Å². The van der Waals surface area contributed by atoms with E-state index in [-0.39, 0.29) is 35.1 Å². The van der Waals surface area contributed by atoms with Crippen molar-refractivity contribution in [2.75, 3.05) is 7.11 Å². The Morgan fingerprint density at radius 3 is 2.54 bits per heavy atom. The summed E-state index contributed by atoms with van der Waals surface area (Å²) < 4.78 is 24.9. The van der Waals surface area contributed by atoms with Crippen LogP contribution in [-0.2, 0) is 11.2 Å². The van der Waals surface area contributed by atoms with Crippen molar-refractivity contribution < 1.29 is 18.7 Å². The monoisotopic (exact) mass is 379 g/mol. The van der Waals surface area contributed by atoms with Crippen molar-refractivity contribution >= 4 is 17.5 Å². The molecule has 0 aliphatic carbocycles. The lowest BCUT2D eigenvalue weighted by atomic mass is 10.1. The summed E-state index contributed by atoms with van der Waals surface area (Å²) in [5.74, 6) is 0.431. The van der Waals surface area contributed by atoms with E-state index in [0.717, 1.165) is 5.56 Å². The molecule has 6 heteroatoms. The molecule has 4 nitrogen and oxygen atoms in total. The highest BCUT2D eigenvalue weighted by molar-refractivity contribution is 6.31. The van der Waals surface area contributed by atoms with Crippen LogP contribution in [0.3, 0.4) is 0 Å². The van der Waals surface area contributed by atoms with Crippen LogP contribution in [0.5, 0.6) is 11.5 Å². The minimum absolute atomic E-state index is 0.0254. The molecule has 0 heterocycles. The Morgan fingerprint density at radius 2 is 1.92 bits per heavy atom. The summed E-state index contributed by atoms with van der Waals surface area (Å²) in [5, 5.41) is 3.09. The van der Waals surface area contributed by atoms with Crippen LogP contribution in [0.15, 0.2) is 36.4 Å². The third-order valence-electron chi connectivity index (χ3n) is 3.83. The summed E-state index contributed by atoms with van der Waals surface area (Å²) >= 11 is 5.98. The molecular formula is C20H23ClFNO3. The Morgan fingerprint density at radius 1 is 1.19 bits per heavy atom. The maximum absolute atomic E-state index is 13.8. The lowest BCUT2D eigenvalue weighted by molar-refractivity contribution is -0.121. The van der Waals surface area contributed by atoms with E-state index in [9.17, 15) is 9.18 Å². The number of rotatable bonds is 7. The number of ether oxygens (including phenoxy) is 2. The summed E-state index contributed by atoms with van der Waals surface area (Å²) in [7, 11) is 1.57. The molecule has 1 amide bonds. The second-order valence-corrected chi connectivity index (χ2v) is 6.65. The number of benzene rings is 2. The predicted octanol–water partition coefficient (Wildman–Crippen LogP) is 4.69. The quantitative estimate of drug-likeness (QED) is 0.758. The molecule has 0 aromatic heterocycles. The maximum atomic E-state index is 13.8. The largest absolute Gasteiger partial charge is 0.493 e. The van der Waals surface area contributed by atoms with E-state index in [1.54, 1.807) is 13.2 Å². The number of hydrogen-bond donors (Lipinski definition) is 1. The molecule has 0 aliphatic heterocycles. The Labute approximate surface area is 158 Å². The van der Waals surface area contributed by atoms with Crippen LogP contribution < -0.4 is 14.8 Å². The Hall–Kier alpha value is -2.27. The SMILES string of the molecule is COc1cc(C(C)NC(=O)Cc2c(F)cccc2Cl)ccc1OC(C)C. The number of nitrogens with one attached hydrogen (secondary N) is 1. The summed E-state index contributed by atoms with van der Waals surface area (Å²) in [4.78, 5) is 12.3. The van der Waals surface area contributed by atoms with Crippen LogP contribution in [0, 0.1) is 5.82 Å². The van der Waals surface area contributed by atoms with Crippen molar-refractivity contribution in [1.29, 1.82) is 0 Å². The van der Waals surface area contributed by atoms with Gasteiger partial charge in [-0.2, -0.15) is 0 Å². The predicted molar refractivity (Wildman–Crippen MR) is 100 cm³/mol. The first-order valence-electron chi connectivity index (χ1n) is 8.38. The molecule has 140 valence electrons. The van der Waals surface area contributed by atoms with Gasteiger partial charge in [-0.1, -0.05) is 23.7 Å². The van der Waals surface area contributed by atoms with Crippen LogP contribution in [0.2, 0.25) is 5.02 Å². The van der Waals surface area contributed by atoms with Crippen molar-refractivity contribution in [2.45, 2.75) is 39.3 Å². The molecule has 1 unspecified atom stereocenters. The lowest BCUT2D eigenvalue weighted by Gasteiger charge is -2.18. The van der Waals surface area contributed by atoms with E-state index in [1.807, 2.05) is 39.0 Å². The first-order valence-corrected chi connectivity index (χ1v) is 8.76. The zero-order chi connectivity index (χ0) is 19.3. The Balaban J connectivity index is 2.09. The third kappa shape index (κ3) is 5.11. The highest BCUT2D eigenvalue weighted by Crippen LogP contribution is 2.31. The average molecular weight is 380 g/mol. The Kier molecular flexibility index (Phi) is 6.86. The fourth-order valence-electron chi connectivity index (χ4n) is 2.54. The summed E-state index contributed by atoms with van der Waals surface area (Å²) in [6.07, 6.45) is -0.0981. The summed E-state index contributed by atoms with van der Waals surface area (Å²) in [6, 6.07) is 9.57. The number of methoxy groups -OCH3 is 1. The van der Waals surface area contributed by atoms with Gasteiger partial charge in [-0.15, -0.1) is 0 Å². The second-order valence-electron chi connectivity index (χ2n) is 6.24. The van der Waals surface area contributed by atoms with E-state index >= 15 is 0 Å². The van der Waals surface area contributed by atoms with Crippen molar-refractivity contribution in [3.63, 3.8) is 0 Å². The molecule has 0 spiro atoms. The van der Waals surface area contributed by atoms with Crippen LogP contribution in [-0.4, -0.2) is 19.1 Å². The molecule has 0 saturated carbocycles. The minimum Gasteiger partial charge on any atom is -0.493 e. The van der Waals surface area contributed by atoms with E-state index in [0.29, 0.717) is 11.5 Å².